The highest BCUT2D eigenvalue weighted by Gasteiger charge is 2.18. The van der Waals surface area contributed by atoms with Gasteiger partial charge in [0.2, 0.25) is 11.8 Å². The Morgan fingerprint density at radius 1 is 1.00 bits per heavy atom. The number of likely N-dealkylation sites (tertiary alicyclic amines) is 1. The fourth-order valence-electron chi connectivity index (χ4n) is 3.24. The Morgan fingerprint density at radius 3 is 2.63 bits per heavy atom. The van der Waals surface area contributed by atoms with Crippen LogP contribution in [0.15, 0.2) is 54.6 Å². The zero-order valence-corrected chi connectivity index (χ0v) is 15.5. The highest BCUT2D eigenvalue weighted by atomic mass is 16.5. The summed E-state index contributed by atoms with van der Waals surface area (Å²) in [6.45, 7) is 1.60. The number of ether oxygens (including phenoxy) is 1. The summed E-state index contributed by atoms with van der Waals surface area (Å²) >= 11 is 0. The van der Waals surface area contributed by atoms with Crippen LogP contribution in [0.5, 0.6) is 5.75 Å². The van der Waals surface area contributed by atoms with Gasteiger partial charge in [-0.1, -0.05) is 55.0 Å². The molecule has 1 fully saturated rings. The summed E-state index contributed by atoms with van der Waals surface area (Å²) in [5.74, 6) is 0.738. The second-order valence-corrected chi connectivity index (χ2v) is 6.69. The Kier molecular flexibility index (Phi) is 6.85. The van der Waals surface area contributed by atoms with Crippen LogP contribution < -0.4 is 10.1 Å². The molecule has 0 saturated carbocycles. The van der Waals surface area contributed by atoms with Gasteiger partial charge in [-0.05, 0) is 24.5 Å². The second kappa shape index (κ2) is 9.76. The summed E-state index contributed by atoms with van der Waals surface area (Å²) in [7, 11) is 0. The fraction of sp³-hybridized carbons (Fsp3) is 0.364. The average molecular weight is 366 g/mol. The molecule has 2 aromatic rings. The summed E-state index contributed by atoms with van der Waals surface area (Å²) in [4.78, 5) is 25.7. The van der Waals surface area contributed by atoms with Gasteiger partial charge in [0.25, 0.3) is 0 Å². The molecule has 5 nitrogen and oxygen atoms in total. The van der Waals surface area contributed by atoms with Crippen molar-refractivity contribution < 1.29 is 14.3 Å². The number of hydrogen-bond acceptors (Lipinski definition) is 3. The molecule has 5 heteroatoms. The molecular formula is C22H26N2O3. The van der Waals surface area contributed by atoms with Gasteiger partial charge < -0.3 is 15.0 Å². The molecule has 1 N–H and O–H groups in total. The number of rotatable bonds is 7. The first kappa shape index (κ1) is 19.0. The maximum absolute atomic E-state index is 12.1. The average Bonchev–Trinajstić information content (AvgIpc) is 2.90. The number of para-hydroxylation sites is 1. The lowest BCUT2D eigenvalue weighted by atomic mass is 10.1. The molecule has 0 bridgehead atoms. The van der Waals surface area contributed by atoms with Crippen molar-refractivity contribution in [2.45, 2.75) is 25.7 Å². The van der Waals surface area contributed by atoms with Crippen LogP contribution in [0.4, 0.5) is 0 Å². The minimum absolute atomic E-state index is 0.0793. The van der Waals surface area contributed by atoms with Crippen molar-refractivity contribution in [3.63, 3.8) is 0 Å². The van der Waals surface area contributed by atoms with Gasteiger partial charge in [0, 0.05) is 18.5 Å². The summed E-state index contributed by atoms with van der Waals surface area (Å²) in [5, 5.41) is 2.84. The molecule has 1 saturated heterocycles. The normalized spacial score (nSPS) is 14.5. The molecule has 1 aliphatic rings. The van der Waals surface area contributed by atoms with Crippen LogP contribution in [0.2, 0.25) is 0 Å². The summed E-state index contributed by atoms with van der Waals surface area (Å²) in [5.41, 5.74) is 2.12. The van der Waals surface area contributed by atoms with E-state index in [1.165, 1.54) is 0 Å². The summed E-state index contributed by atoms with van der Waals surface area (Å²) < 4.78 is 5.88. The van der Waals surface area contributed by atoms with Gasteiger partial charge in [0.1, 0.15) is 12.4 Å². The molecule has 0 spiro atoms. The highest BCUT2D eigenvalue weighted by Crippen LogP contribution is 2.29. The van der Waals surface area contributed by atoms with Gasteiger partial charge in [0.15, 0.2) is 0 Å². The highest BCUT2D eigenvalue weighted by molar-refractivity contribution is 5.84. The molecule has 3 rings (SSSR count). The molecule has 142 valence electrons. The standard InChI is InChI=1S/C22H26N2O3/c25-21(17-24-15-8-2-5-13-22(24)26)23-14-16-27-20-12-7-6-11-19(20)18-9-3-1-4-10-18/h1,3-4,6-7,9-12H,2,5,8,13-17H2,(H,23,25). The van der Waals surface area contributed by atoms with E-state index in [2.05, 4.69) is 5.32 Å². The first-order valence-electron chi connectivity index (χ1n) is 9.56. The van der Waals surface area contributed by atoms with E-state index in [9.17, 15) is 9.59 Å². The minimum Gasteiger partial charge on any atom is -0.491 e. The van der Waals surface area contributed by atoms with Crippen LogP contribution in [0, 0.1) is 0 Å². The summed E-state index contributed by atoms with van der Waals surface area (Å²) in [6, 6.07) is 17.9. The lowest BCUT2D eigenvalue weighted by molar-refractivity contribution is -0.135. The second-order valence-electron chi connectivity index (χ2n) is 6.69. The van der Waals surface area contributed by atoms with Crippen molar-refractivity contribution >= 4 is 11.8 Å². The topological polar surface area (TPSA) is 58.6 Å². The molecule has 0 aromatic heterocycles. The van der Waals surface area contributed by atoms with Crippen molar-refractivity contribution in [3.05, 3.63) is 54.6 Å². The number of nitrogens with one attached hydrogen (secondary N) is 1. The largest absolute Gasteiger partial charge is 0.491 e. The van der Waals surface area contributed by atoms with E-state index in [-0.39, 0.29) is 18.4 Å². The van der Waals surface area contributed by atoms with Crippen LogP contribution in [0.25, 0.3) is 11.1 Å². The number of carbonyl (C=O) groups is 2. The molecule has 1 aliphatic heterocycles. The first-order chi connectivity index (χ1) is 13.2. The van der Waals surface area contributed by atoms with Crippen LogP contribution in [0.3, 0.4) is 0 Å². The molecule has 27 heavy (non-hydrogen) atoms. The van der Waals surface area contributed by atoms with Crippen LogP contribution in [0.1, 0.15) is 25.7 Å². The van der Waals surface area contributed by atoms with Gasteiger partial charge in [-0.2, -0.15) is 0 Å². The van der Waals surface area contributed by atoms with E-state index in [1.807, 2.05) is 54.6 Å². The maximum Gasteiger partial charge on any atom is 0.239 e. The van der Waals surface area contributed by atoms with Crippen molar-refractivity contribution in [1.82, 2.24) is 10.2 Å². The molecule has 0 unspecified atom stereocenters. The quantitative estimate of drug-likeness (QED) is 0.765. The Hall–Kier alpha value is -2.82. The van der Waals surface area contributed by atoms with Crippen LogP contribution in [-0.2, 0) is 9.59 Å². The number of hydrogen-bond donors (Lipinski definition) is 1. The lowest BCUT2D eigenvalue weighted by Gasteiger charge is -2.19. The van der Waals surface area contributed by atoms with E-state index < -0.39 is 0 Å². The summed E-state index contributed by atoms with van der Waals surface area (Å²) in [6.07, 6.45) is 3.50. The van der Waals surface area contributed by atoms with Crippen molar-refractivity contribution in [2.24, 2.45) is 0 Å². The van der Waals surface area contributed by atoms with E-state index in [4.69, 9.17) is 4.74 Å². The Morgan fingerprint density at radius 2 is 1.78 bits per heavy atom. The third-order valence-corrected chi connectivity index (χ3v) is 4.66. The molecule has 0 aliphatic carbocycles. The van der Waals surface area contributed by atoms with Gasteiger partial charge in [0.05, 0.1) is 13.1 Å². The molecule has 0 radical (unpaired) electrons. The SMILES string of the molecule is O=C(CN1CCCCCC1=O)NCCOc1ccccc1-c1ccccc1. The molecule has 2 aromatic carbocycles. The Labute approximate surface area is 160 Å². The van der Waals surface area contributed by atoms with Gasteiger partial charge in [-0.3, -0.25) is 9.59 Å². The number of carbonyl (C=O) groups excluding carboxylic acids is 2. The van der Waals surface area contributed by atoms with E-state index >= 15 is 0 Å². The van der Waals surface area contributed by atoms with Crippen molar-refractivity contribution in [2.75, 3.05) is 26.2 Å². The van der Waals surface area contributed by atoms with E-state index in [0.717, 1.165) is 36.1 Å². The predicted octanol–water partition coefficient (Wildman–Crippen LogP) is 3.25. The number of nitrogens with zero attached hydrogens (tertiary/aromatic N) is 1. The monoisotopic (exact) mass is 366 g/mol. The van der Waals surface area contributed by atoms with E-state index in [0.29, 0.717) is 26.1 Å². The van der Waals surface area contributed by atoms with Gasteiger partial charge in [-0.25, -0.2) is 0 Å². The number of amides is 2. The molecular weight excluding hydrogens is 340 g/mol. The Bertz CT molecular complexity index is 761. The molecule has 1 heterocycles. The minimum atomic E-state index is -0.134. The maximum atomic E-state index is 12.1. The van der Waals surface area contributed by atoms with Gasteiger partial charge in [-0.15, -0.1) is 0 Å². The third-order valence-electron chi connectivity index (χ3n) is 4.66. The van der Waals surface area contributed by atoms with Crippen molar-refractivity contribution in [3.8, 4) is 16.9 Å². The third kappa shape index (κ3) is 5.58. The van der Waals surface area contributed by atoms with Crippen molar-refractivity contribution in [1.29, 1.82) is 0 Å². The predicted molar refractivity (Wildman–Crippen MR) is 105 cm³/mol. The van der Waals surface area contributed by atoms with Crippen LogP contribution >= 0.6 is 0 Å². The molecule has 2 amide bonds. The number of benzene rings is 2. The molecule has 0 atom stereocenters. The van der Waals surface area contributed by atoms with E-state index in [1.54, 1.807) is 4.90 Å². The van der Waals surface area contributed by atoms with Gasteiger partial charge >= 0.3 is 0 Å². The zero-order valence-electron chi connectivity index (χ0n) is 15.5. The lowest BCUT2D eigenvalue weighted by Crippen LogP contribution is -2.41. The van der Waals surface area contributed by atoms with Crippen LogP contribution in [-0.4, -0.2) is 43.0 Å². The first-order valence-corrected chi connectivity index (χ1v) is 9.56. The Balaban J connectivity index is 1.47. The smallest absolute Gasteiger partial charge is 0.239 e. The fourth-order valence-corrected chi connectivity index (χ4v) is 3.24. The zero-order chi connectivity index (χ0) is 18.9.